The van der Waals surface area contributed by atoms with Gasteiger partial charge >= 0.3 is 0 Å². The number of carbonyl (C=O) groups is 2. The second kappa shape index (κ2) is 10.7. The predicted octanol–water partition coefficient (Wildman–Crippen LogP) is 4.75. The Morgan fingerprint density at radius 2 is 1.78 bits per heavy atom. The molecule has 2 amide bonds. The lowest BCUT2D eigenvalue weighted by atomic mass is 9.87. The molecule has 3 rings (SSSR count). The first-order valence-corrected chi connectivity index (χ1v) is 11.7. The zero-order chi connectivity index (χ0) is 23.3. The number of fused-ring (bicyclic) bond motifs is 1. The van der Waals surface area contributed by atoms with Gasteiger partial charge in [0.2, 0.25) is 5.91 Å². The minimum absolute atomic E-state index is 0.0725. The van der Waals surface area contributed by atoms with Crippen LogP contribution in [0.4, 0.5) is 0 Å². The van der Waals surface area contributed by atoms with E-state index in [0.29, 0.717) is 24.8 Å². The van der Waals surface area contributed by atoms with Crippen LogP contribution in [0.25, 0.3) is 0 Å². The average molecular weight is 437 g/mol. The molecule has 0 aliphatic carbocycles. The second-order valence-electron chi connectivity index (χ2n) is 9.34. The smallest absolute Gasteiger partial charge is 0.260 e. The van der Waals surface area contributed by atoms with Crippen LogP contribution >= 0.6 is 0 Å². The summed E-state index contributed by atoms with van der Waals surface area (Å²) in [6.07, 6.45) is 1.16. The van der Waals surface area contributed by atoms with Crippen molar-refractivity contribution in [2.45, 2.75) is 59.6 Å². The Morgan fingerprint density at radius 1 is 1.06 bits per heavy atom. The molecule has 0 spiro atoms. The van der Waals surface area contributed by atoms with Crippen LogP contribution in [0.1, 0.15) is 63.8 Å². The summed E-state index contributed by atoms with van der Waals surface area (Å²) in [5.74, 6) is 1.15. The zero-order valence-corrected chi connectivity index (χ0v) is 19.9. The number of hydrogen-bond acceptors (Lipinski definition) is 3. The first-order chi connectivity index (χ1) is 15.3. The molecule has 172 valence electrons. The van der Waals surface area contributed by atoms with Crippen molar-refractivity contribution < 1.29 is 14.3 Å². The van der Waals surface area contributed by atoms with Crippen molar-refractivity contribution in [2.24, 2.45) is 11.8 Å². The number of nitrogens with one attached hydrogen (secondary N) is 1. The molecule has 2 aromatic carbocycles. The highest BCUT2D eigenvalue weighted by atomic mass is 16.5. The Labute approximate surface area is 192 Å². The molecule has 5 nitrogen and oxygen atoms in total. The normalized spacial score (nSPS) is 16.6. The number of rotatable bonds is 8. The highest BCUT2D eigenvalue weighted by Gasteiger charge is 2.33. The quantitative estimate of drug-likeness (QED) is 0.650. The number of amides is 2. The maximum atomic E-state index is 13.0. The summed E-state index contributed by atoms with van der Waals surface area (Å²) in [6, 6.07) is 16.0. The highest BCUT2D eigenvalue weighted by molar-refractivity contribution is 5.81. The molecule has 1 heterocycles. The van der Waals surface area contributed by atoms with Gasteiger partial charge in [0.15, 0.2) is 6.10 Å². The van der Waals surface area contributed by atoms with Gasteiger partial charge in [-0.3, -0.25) is 9.59 Å². The van der Waals surface area contributed by atoms with E-state index in [9.17, 15) is 9.59 Å². The van der Waals surface area contributed by atoms with E-state index in [-0.39, 0.29) is 23.8 Å². The van der Waals surface area contributed by atoms with Crippen molar-refractivity contribution in [3.05, 3.63) is 65.2 Å². The van der Waals surface area contributed by atoms with Gasteiger partial charge in [0, 0.05) is 19.0 Å². The van der Waals surface area contributed by atoms with Gasteiger partial charge in [0.1, 0.15) is 5.75 Å². The van der Waals surface area contributed by atoms with E-state index in [4.69, 9.17) is 4.74 Å². The Morgan fingerprint density at radius 3 is 2.44 bits per heavy atom. The lowest BCUT2D eigenvalue weighted by Gasteiger charge is -2.39. The molecule has 0 saturated carbocycles. The molecule has 2 atom stereocenters. The second-order valence-corrected chi connectivity index (χ2v) is 9.34. The van der Waals surface area contributed by atoms with Crippen molar-refractivity contribution in [1.82, 2.24) is 10.2 Å². The van der Waals surface area contributed by atoms with Crippen LogP contribution in [-0.4, -0.2) is 35.9 Å². The van der Waals surface area contributed by atoms with Crippen LogP contribution in [0.2, 0.25) is 0 Å². The van der Waals surface area contributed by atoms with E-state index < -0.39 is 6.10 Å². The van der Waals surface area contributed by atoms with Crippen molar-refractivity contribution in [1.29, 1.82) is 0 Å². The van der Waals surface area contributed by atoms with Crippen molar-refractivity contribution >= 4 is 11.8 Å². The van der Waals surface area contributed by atoms with Crippen molar-refractivity contribution in [3.8, 4) is 5.75 Å². The first kappa shape index (κ1) is 23.8. The minimum Gasteiger partial charge on any atom is -0.481 e. The summed E-state index contributed by atoms with van der Waals surface area (Å²) in [5, 5.41) is 2.95. The molecule has 1 aliphatic rings. The summed E-state index contributed by atoms with van der Waals surface area (Å²) in [5.41, 5.74) is 3.37. The Balaban J connectivity index is 1.85. The van der Waals surface area contributed by atoms with E-state index >= 15 is 0 Å². The standard InChI is InChI=1S/C27H36N2O3/c1-18(2)13-15-28-26(30)20(5)32-23-12-11-21-14-16-29(27(31)19(3)4)25(24(21)17-23)22-9-7-6-8-10-22/h6-12,17-20,25H,13-16H2,1-5H3,(H,28,30). The average Bonchev–Trinajstić information content (AvgIpc) is 2.77. The number of ether oxygens (including phenoxy) is 1. The molecule has 0 bridgehead atoms. The number of nitrogens with zero attached hydrogens (tertiary/aromatic N) is 1. The van der Waals surface area contributed by atoms with Crippen LogP contribution in [0, 0.1) is 11.8 Å². The molecule has 2 unspecified atom stereocenters. The lowest BCUT2D eigenvalue weighted by molar-refractivity contribution is -0.136. The summed E-state index contributed by atoms with van der Waals surface area (Å²) >= 11 is 0. The monoisotopic (exact) mass is 436 g/mol. The third-order valence-corrected chi connectivity index (χ3v) is 5.94. The topological polar surface area (TPSA) is 58.6 Å². The molecular formula is C27H36N2O3. The molecule has 2 aromatic rings. The molecule has 1 aliphatic heterocycles. The third-order valence-electron chi connectivity index (χ3n) is 5.94. The van der Waals surface area contributed by atoms with E-state index in [1.165, 1.54) is 5.56 Å². The van der Waals surface area contributed by atoms with Crippen LogP contribution in [-0.2, 0) is 16.0 Å². The summed E-state index contributed by atoms with van der Waals surface area (Å²) < 4.78 is 6.01. The maximum absolute atomic E-state index is 13.0. The molecule has 0 fully saturated rings. The predicted molar refractivity (Wildman–Crippen MR) is 128 cm³/mol. The fourth-order valence-corrected chi connectivity index (χ4v) is 4.12. The first-order valence-electron chi connectivity index (χ1n) is 11.7. The molecule has 5 heteroatoms. The van der Waals surface area contributed by atoms with Gasteiger partial charge in [-0.05, 0) is 54.5 Å². The van der Waals surface area contributed by atoms with Crippen LogP contribution in [0.5, 0.6) is 5.75 Å². The largest absolute Gasteiger partial charge is 0.481 e. The van der Waals surface area contributed by atoms with E-state index in [2.05, 4.69) is 37.4 Å². The maximum Gasteiger partial charge on any atom is 0.260 e. The fourth-order valence-electron chi connectivity index (χ4n) is 4.12. The molecule has 0 radical (unpaired) electrons. The van der Waals surface area contributed by atoms with Gasteiger partial charge in [-0.15, -0.1) is 0 Å². The number of benzene rings is 2. The molecule has 32 heavy (non-hydrogen) atoms. The SMILES string of the molecule is CC(C)CCNC(=O)C(C)Oc1ccc2c(c1)C(c1ccccc1)N(C(=O)C(C)C)CC2. The number of carbonyl (C=O) groups excluding carboxylic acids is 2. The van der Waals surface area contributed by atoms with E-state index in [1.54, 1.807) is 6.92 Å². The Kier molecular flexibility index (Phi) is 7.94. The van der Waals surface area contributed by atoms with Crippen molar-refractivity contribution in [3.63, 3.8) is 0 Å². The van der Waals surface area contributed by atoms with Gasteiger partial charge in [0.25, 0.3) is 5.91 Å². The van der Waals surface area contributed by atoms with Crippen LogP contribution in [0.15, 0.2) is 48.5 Å². The van der Waals surface area contributed by atoms with Crippen LogP contribution in [0.3, 0.4) is 0 Å². The highest BCUT2D eigenvalue weighted by Crippen LogP contribution is 2.38. The van der Waals surface area contributed by atoms with Gasteiger partial charge in [-0.1, -0.05) is 64.1 Å². The molecule has 0 aromatic heterocycles. The summed E-state index contributed by atoms with van der Waals surface area (Å²) in [6.45, 7) is 11.3. The Bertz CT molecular complexity index is 924. The summed E-state index contributed by atoms with van der Waals surface area (Å²) in [4.78, 5) is 27.4. The molecular weight excluding hydrogens is 400 g/mol. The molecule has 1 N–H and O–H groups in total. The van der Waals surface area contributed by atoms with Gasteiger partial charge < -0.3 is 15.0 Å². The lowest BCUT2D eigenvalue weighted by Crippen LogP contribution is -2.42. The number of hydrogen-bond donors (Lipinski definition) is 1. The van der Waals surface area contributed by atoms with Crippen molar-refractivity contribution in [2.75, 3.05) is 13.1 Å². The van der Waals surface area contributed by atoms with Gasteiger partial charge in [-0.25, -0.2) is 0 Å². The van der Waals surface area contributed by atoms with E-state index in [0.717, 1.165) is 24.0 Å². The van der Waals surface area contributed by atoms with E-state index in [1.807, 2.05) is 49.1 Å². The van der Waals surface area contributed by atoms with Gasteiger partial charge in [0.05, 0.1) is 6.04 Å². The molecule has 0 saturated heterocycles. The third kappa shape index (κ3) is 5.70. The minimum atomic E-state index is -0.590. The Hall–Kier alpha value is -2.82. The summed E-state index contributed by atoms with van der Waals surface area (Å²) in [7, 11) is 0. The van der Waals surface area contributed by atoms with Crippen LogP contribution < -0.4 is 10.1 Å². The fraction of sp³-hybridized carbons (Fsp3) is 0.481. The zero-order valence-electron chi connectivity index (χ0n) is 19.9. The van der Waals surface area contributed by atoms with Gasteiger partial charge in [-0.2, -0.15) is 0 Å².